The third kappa shape index (κ3) is 1.56. The maximum atomic E-state index is 11.2. The molecule has 0 amide bonds. The first kappa shape index (κ1) is 9.89. The molecular formula is C12H11N3O2. The zero-order valence-electron chi connectivity index (χ0n) is 9.28. The van der Waals surface area contributed by atoms with Crippen LogP contribution in [0.1, 0.15) is 6.92 Å². The summed E-state index contributed by atoms with van der Waals surface area (Å²) in [5, 5.41) is 11.1. The lowest BCUT2D eigenvalue weighted by Crippen LogP contribution is -1.99. The molecular weight excluding hydrogens is 218 g/mol. The van der Waals surface area contributed by atoms with Crippen molar-refractivity contribution in [2.75, 3.05) is 11.9 Å². The molecule has 3 rings (SSSR count). The van der Waals surface area contributed by atoms with Crippen LogP contribution >= 0.6 is 0 Å². The highest BCUT2D eigenvalue weighted by Gasteiger charge is 2.08. The summed E-state index contributed by atoms with van der Waals surface area (Å²) in [6, 6.07) is 6.56. The van der Waals surface area contributed by atoms with Crippen molar-refractivity contribution in [1.29, 1.82) is 0 Å². The maximum absolute atomic E-state index is 11.2. The predicted molar refractivity (Wildman–Crippen MR) is 66.3 cm³/mol. The molecule has 0 aliphatic carbocycles. The van der Waals surface area contributed by atoms with Crippen LogP contribution in [0, 0.1) is 0 Å². The highest BCUT2D eigenvalue weighted by atomic mass is 16.3. The predicted octanol–water partition coefficient (Wildman–Crippen LogP) is 2.10. The normalized spacial score (nSPS) is 11.1. The van der Waals surface area contributed by atoms with E-state index < -0.39 is 0 Å². The Morgan fingerprint density at radius 3 is 3.06 bits per heavy atom. The van der Waals surface area contributed by atoms with Gasteiger partial charge in [-0.25, -0.2) is 0 Å². The number of H-pyrrole nitrogens is 1. The Hall–Kier alpha value is -2.30. The fourth-order valence-corrected chi connectivity index (χ4v) is 1.86. The molecule has 0 unspecified atom stereocenters. The van der Waals surface area contributed by atoms with E-state index in [-0.39, 0.29) is 5.43 Å². The molecule has 17 heavy (non-hydrogen) atoms. The minimum atomic E-state index is -0.0589. The second-order valence-corrected chi connectivity index (χ2v) is 3.78. The second-order valence-electron chi connectivity index (χ2n) is 3.78. The van der Waals surface area contributed by atoms with Crippen LogP contribution in [0.15, 0.2) is 33.5 Å². The quantitative estimate of drug-likeness (QED) is 0.706. The molecule has 1 aromatic carbocycles. The number of nitrogens with one attached hydrogen (secondary N) is 2. The first-order valence-corrected chi connectivity index (χ1v) is 5.44. The Bertz CT molecular complexity index is 742. The summed E-state index contributed by atoms with van der Waals surface area (Å²) in [5.41, 5.74) is 2.02. The van der Waals surface area contributed by atoms with Gasteiger partial charge in [-0.2, -0.15) is 5.10 Å². The van der Waals surface area contributed by atoms with E-state index in [0.29, 0.717) is 11.2 Å². The Kier molecular flexibility index (Phi) is 2.11. The topological polar surface area (TPSA) is 70.9 Å². The Morgan fingerprint density at radius 1 is 1.35 bits per heavy atom. The van der Waals surface area contributed by atoms with Crippen molar-refractivity contribution in [1.82, 2.24) is 10.2 Å². The fourth-order valence-electron chi connectivity index (χ4n) is 1.86. The van der Waals surface area contributed by atoms with E-state index in [9.17, 15) is 4.79 Å². The molecule has 0 saturated heterocycles. The van der Waals surface area contributed by atoms with Crippen molar-refractivity contribution >= 4 is 27.9 Å². The molecule has 86 valence electrons. The van der Waals surface area contributed by atoms with Crippen LogP contribution in [0.25, 0.3) is 22.1 Å². The van der Waals surface area contributed by atoms with E-state index in [1.807, 2.05) is 13.0 Å². The number of hydrogen-bond acceptors (Lipinski definition) is 4. The number of fused-ring (bicyclic) bond motifs is 3. The number of aromatic nitrogens is 2. The minimum Gasteiger partial charge on any atom is -0.454 e. The van der Waals surface area contributed by atoms with Crippen molar-refractivity contribution in [2.24, 2.45) is 0 Å². The molecule has 5 nitrogen and oxygen atoms in total. The molecule has 0 aliphatic rings. The van der Waals surface area contributed by atoms with E-state index >= 15 is 0 Å². The average Bonchev–Trinajstić information content (AvgIpc) is 2.65. The number of furan rings is 1. The van der Waals surface area contributed by atoms with Gasteiger partial charge in [0.25, 0.3) is 0 Å². The Balaban J connectivity index is 2.31. The maximum Gasteiger partial charge on any atom is 0.182 e. The van der Waals surface area contributed by atoms with E-state index in [2.05, 4.69) is 15.5 Å². The summed E-state index contributed by atoms with van der Waals surface area (Å²) in [7, 11) is 0. The van der Waals surface area contributed by atoms with Crippen LogP contribution < -0.4 is 10.7 Å². The summed E-state index contributed by atoms with van der Waals surface area (Å²) < 4.78 is 5.61. The largest absolute Gasteiger partial charge is 0.454 e. The van der Waals surface area contributed by atoms with Gasteiger partial charge in [0.2, 0.25) is 0 Å². The number of nitrogens with zero attached hydrogens (tertiary/aromatic N) is 1. The van der Waals surface area contributed by atoms with Gasteiger partial charge in [-0.15, -0.1) is 0 Å². The van der Waals surface area contributed by atoms with Gasteiger partial charge in [-0.05, 0) is 19.1 Å². The summed E-state index contributed by atoms with van der Waals surface area (Å²) >= 11 is 0. The van der Waals surface area contributed by atoms with Crippen molar-refractivity contribution in [3.05, 3.63) is 34.5 Å². The van der Waals surface area contributed by atoms with Gasteiger partial charge < -0.3 is 9.73 Å². The molecule has 0 fully saturated rings. The Labute approximate surface area is 96.4 Å². The van der Waals surface area contributed by atoms with Crippen LogP contribution in [0.4, 0.5) is 5.82 Å². The lowest BCUT2D eigenvalue weighted by atomic mass is 10.2. The molecule has 0 atom stereocenters. The van der Waals surface area contributed by atoms with E-state index in [0.717, 1.165) is 23.3 Å². The third-order valence-electron chi connectivity index (χ3n) is 2.60. The van der Waals surface area contributed by atoms with Crippen LogP contribution in [0.5, 0.6) is 0 Å². The van der Waals surface area contributed by atoms with Gasteiger partial charge in [-0.3, -0.25) is 9.89 Å². The van der Waals surface area contributed by atoms with Gasteiger partial charge in [0, 0.05) is 24.1 Å². The molecule has 3 aromatic rings. The summed E-state index contributed by atoms with van der Waals surface area (Å²) in [6.07, 6.45) is 0. The lowest BCUT2D eigenvalue weighted by molar-refractivity contribution is 0.666. The average molecular weight is 229 g/mol. The second kappa shape index (κ2) is 3.62. The monoisotopic (exact) mass is 229 g/mol. The van der Waals surface area contributed by atoms with Gasteiger partial charge in [0.1, 0.15) is 16.9 Å². The fraction of sp³-hybridized carbons (Fsp3) is 0.167. The van der Waals surface area contributed by atoms with Gasteiger partial charge in [0.05, 0.1) is 0 Å². The van der Waals surface area contributed by atoms with Crippen LogP contribution in [0.3, 0.4) is 0 Å². The molecule has 5 heteroatoms. The molecule has 0 bridgehead atoms. The molecule has 2 N–H and O–H groups in total. The van der Waals surface area contributed by atoms with Crippen molar-refractivity contribution in [2.45, 2.75) is 6.92 Å². The number of benzene rings is 1. The SMILES string of the molecule is CCNc1cc2oc3cc(=O)ccc3c2[nH]n1. The van der Waals surface area contributed by atoms with Gasteiger partial charge in [0.15, 0.2) is 11.0 Å². The number of rotatable bonds is 2. The van der Waals surface area contributed by atoms with Crippen molar-refractivity contribution in [3.63, 3.8) is 0 Å². The highest BCUT2D eigenvalue weighted by molar-refractivity contribution is 6.02. The zero-order chi connectivity index (χ0) is 11.8. The summed E-state index contributed by atoms with van der Waals surface area (Å²) in [4.78, 5) is 11.2. The molecule has 2 aromatic heterocycles. The number of aromatic amines is 1. The number of hydrogen-bond donors (Lipinski definition) is 2. The molecule has 2 heterocycles. The first-order valence-electron chi connectivity index (χ1n) is 5.44. The highest BCUT2D eigenvalue weighted by Crippen LogP contribution is 2.26. The van der Waals surface area contributed by atoms with E-state index in [1.54, 1.807) is 6.07 Å². The standard InChI is InChI=1S/C12H11N3O2/c1-2-13-11-6-10-12(15-14-11)8-4-3-7(16)5-9(8)17-10/h3-6,15H,2H2,1H3,(H,13,14). The van der Waals surface area contributed by atoms with Crippen molar-refractivity contribution in [3.8, 4) is 0 Å². The zero-order valence-corrected chi connectivity index (χ0v) is 9.28. The van der Waals surface area contributed by atoms with E-state index in [4.69, 9.17) is 4.42 Å². The Morgan fingerprint density at radius 2 is 2.24 bits per heavy atom. The molecule has 0 spiro atoms. The molecule has 0 radical (unpaired) electrons. The lowest BCUT2D eigenvalue weighted by Gasteiger charge is -1.99. The third-order valence-corrected chi connectivity index (χ3v) is 2.60. The van der Waals surface area contributed by atoms with Crippen LogP contribution in [-0.2, 0) is 0 Å². The van der Waals surface area contributed by atoms with Crippen molar-refractivity contribution < 1.29 is 4.42 Å². The van der Waals surface area contributed by atoms with Crippen LogP contribution in [0.2, 0.25) is 0 Å². The van der Waals surface area contributed by atoms with Gasteiger partial charge in [-0.1, -0.05) is 0 Å². The minimum absolute atomic E-state index is 0.0589. The van der Waals surface area contributed by atoms with Gasteiger partial charge >= 0.3 is 0 Å². The molecule has 0 saturated carbocycles. The summed E-state index contributed by atoms with van der Waals surface area (Å²) in [6.45, 7) is 2.78. The van der Waals surface area contributed by atoms with Crippen LogP contribution in [-0.4, -0.2) is 16.7 Å². The number of anilines is 1. The van der Waals surface area contributed by atoms with E-state index in [1.165, 1.54) is 12.1 Å². The summed E-state index contributed by atoms with van der Waals surface area (Å²) in [5.74, 6) is 0.724. The smallest absolute Gasteiger partial charge is 0.182 e. The first-order chi connectivity index (χ1) is 8.28. The molecule has 0 aliphatic heterocycles.